The molecule has 0 spiro atoms. The lowest BCUT2D eigenvalue weighted by Gasteiger charge is -2.37. The predicted octanol–water partition coefficient (Wildman–Crippen LogP) is 0.473. The van der Waals surface area contributed by atoms with Crippen LogP contribution in [0.4, 0.5) is 0 Å². The molecule has 8 nitrogen and oxygen atoms in total. The minimum Gasteiger partial charge on any atom is -0.361 e. The second-order valence-electron chi connectivity index (χ2n) is 7.95. The van der Waals surface area contributed by atoms with E-state index in [1.54, 1.807) is 12.0 Å². The van der Waals surface area contributed by atoms with Gasteiger partial charge in [-0.05, 0) is 18.4 Å². The number of hydrogen-bond donors (Lipinski definition) is 1. The Balaban J connectivity index is 1.43. The summed E-state index contributed by atoms with van der Waals surface area (Å²) in [6, 6.07) is 9.58. The van der Waals surface area contributed by atoms with Gasteiger partial charge in [0.25, 0.3) is 0 Å². The number of carbonyl (C=O) groups excluding carboxylic acids is 3. The number of methoxy groups -OCH3 is 1. The summed E-state index contributed by atoms with van der Waals surface area (Å²) in [6.07, 6.45) is 1.85. The number of piperazine rings is 1. The summed E-state index contributed by atoms with van der Waals surface area (Å²) in [5.41, 5.74) is 1.10. The van der Waals surface area contributed by atoms with Crippen molar-refractivity contribution in [2.24, 2.45) is 0 Å². The van der Waals surface area contributed by atoms with Gasteiger partial charge in [0.1, 0.15) is 12.3 Å². The van der Waals surface area contributed by atoms with Crippen LogP contribution in [0.1, 0.15) is 25.3 Å². The standard InChI is InChI=1S/C22H32N4O4/c1-17(27)26-10-6-9-19(26)22(29)25-13-11-24(12-14-25)16-20(28)23-21(30-2)15-18-7-4-3-5-8-18/h3-5,7-8,19,21H,6,9-16H2,1-2H3,(H,23,28)/t19-,21+/m0/s1. The van der Waals surface area contributed by atoms with E-state index in [-0.39, 0.29) is 36.5 Å². The van der Waals surface area contributed by atoms with Gasteiger partial charge < -0.3 is 19.9 Å². The number of benzene rings is 1. The highest BCUT2D eigenvalue weighted by Gasteiger charge is 2.36. The molecule has 3 rings (SSSR count). The number of amides is 3. The van der Waals surface area contributed by atoms with Crippen molar-refractivity contribution < 1.29 is 19.1 Å². The first kappa shape index (κ1) is 22.2. The van der Waals surface area contributed by atoms with Crippen LogP contribution in [0.3, 0.4) is 0 Å². The molecule has 2 atom stereocenters. The monoisotopic (exact) mass is 416 g/mol. The van der Waals surface area contributed by atoms with E-state index in [9.17, 15) is 14.4 Å². The second kappa shape index (κ2) is 10.5. The van der Waals surface area contributed by atoms with Crippen LogP contribution in [0.25, 0.3) is 0 Å². The van der Waals surface area contributed by atoms with Gasteiger partial charge in [-0.1, -0.05) is 30.3 Å². The maximum atomic E-state index is 12.8. The molecule has 8 heteroatoms. The maximum absolute atomic E-state index is 12.8. The second-order valence-corrected chi connectivity index (χ2v) is 7.95. The zero-order valence-electron chi connectivity index (χ0n) is 17.9. The summed E-state index contributed by atoms with van der Waals surface area (Å²) in [4.78, 5) is 42.6. The van der Waals surface area contributed by atoms with Crippen LogP contribution in [0, 0.1) is 0 Å². The van der Waals surface area contributed by atoms with E-state index in [4.69, 9.17) is 4.74 Å². The van der Waals surface area contributed by atoms with E-state index in [1.165, 1.54) is 6.92 Å². The number of nitrogens with one attached hydrogen (secondary N) is 1. The van der Waals surface area contributed by atoms with Gasteiger partial charge in [0, 0.05) is 53.2 Å². The molecule has 0 radical (unpaired) electrons. The summed E-state index contributed by atoms with van der Waals surface area (Å²) in [6.45, 7) is 4.89. The van der Waals surface area contributed by atoms with Gasteiger partial charge in [0.2, 0.25) is 17.7 Å². The lowest BCUT2D eigenvalue weighted by Crippen LogP contribution is -2.55. The van der Waals surface area contributed by atoms with E-state index in [2.05, 4.69) is 5.32 Å². The van der Waals surface area contributed by atoms with Crippen LogP contribution in [0.5, 0.6) is 0 Å². The summed E-state index contributed by atoms with van der Waals surface area (Å²) in [5, 5.41) is 2.93. The Hall–Kier alpha value is -2.45. The third-order valence-electron chi connectivity index (χ3n) is 5.86. The fraction of sp³-hybridized carbons (Fsp3) is 0.591. The minimum absolute atomic E-state index is 0.0362. The van der Waals surface area contributed by atoms with Gasteiger partial charge in [0.05, 0.1) is 6.54 Å². The summed E-state index contributed by atoms with van der Waals surface area (Å²) < 4.78 is 5.41. The quantitative estimate of drug-likeness (QED) is 0.654. The molecule has 0 saturated carbocycles. The van der Waals surface area contributed by atoms with Gasteiger partial charge in [-0.15, -0.1) is 0 Å². The van der Waals surface area contributed by atoms with E-state index in [0.717, 1.165) is 18.4 Å². The molecule has 0 aromatic heterocycles. The molecule has 2 aliphatic rings. The van der Waals surface area contributed by atoms with Crippen molar-refractivity contribution in [1.82, 2.24) is 20.0 Å². The molecule has 30 heavy (non-hydrogen) atoms. The number of likely N-dealkylation sites (tertiary alicyclic amines) is 1. The minimum atomic E-state index is -0.373. The van der Waals surface area contributed by atoms with Crippen molar-refractivity contribution >= 4 is 17.7 Å². The number of ether oxygens (including phenoxy) is 1. The average molecular weight is 417 g/mol. The predicted molar refractivity (Wildman–Crippen MR) is 113 cm³/mol. The first-order chi connectivity index (χ1) is 14.5. The van der Waals surface area contributed by atoms with Crippen molar-refractivity contribution in [3.05, 3.63) is 35.9 Å². The van der Waals surface area contributed by atoms with E-state index >= 15 is 0 Å². The maximum Gasteiger partial charge on any atom is 0.245 e. The Bertz CT molecular complexity index is 734. The molecule has 1 N–H and O–H groups in total. The van der Waals surface area contributed by atoms with E-state index in [1.807, 2.05) is 40.1 Å². The molecule has 0 aliphatic carbocycles. The number of rotatable bonds is 7. The third kappa shape index (κ3) is 5.79. The fourth-order valence-corrected chi connectivity index (χ4v) is 4.19. The molecule has 2 saturated heterocycles. The molecule has 1 aromatic rings. The highest BCUT2D eigenvalue weighted by Crippen LogP contribution is 2.20. The normalized spacial score (nSPS) is 20.8. The van der Waals surface area contributed by atoms with Gasteiger partial charge in [-0.3, -0.25) is 19.3 Å². The Morgan fingerprint density at radius 1 is 1.10 bits per heavy atom. The molecule has 2 aliphatic heterocycles. The SMILES string of the molecule is CO[C@H](Cc1ccccc1)NC(=O)CN1CCN(C(=O)[C@@H]2CCCN2C(C)=O)CC1. The van der Waals surface area contributed by atoms with Crippen LogP contribution in [-0.2, 0) is 25.5 Å². The molecular formula is C22H32N4O4. The number of hydrogen-bond acceptors (Lipinski definition) is 5. The van der Waals surface area contributed by atoms with Crippen molar-refractivity contribution in [2.45, 2.75) is 38.5 Å². The molecule has 0 bridgehead atoms. The molecule has 0 unspecified atom stereocenters. The molecule has 1 aromatic carbocycles. The zero-order valence-corrected chi connectivity index (χ0v) is 17.9. The van der Waals surface area contributed by atoms with Gasteiger partial charge >= 0.3 is 0 Å². The first-order valence-corrected chi connectivity index (χ1v) is 10.6. The molecule has 2 fully saturated rings. The van der Waals surface area contributed by atoms with Crippen molar-refractivity contribution in [1.29, 1.82) is 0 Å². The Morgan fingerprint density at radius 3 is 2.43 bits per heavy atom. The molecule has 164 valence electrons. The van der Waals surface area contributed by atoms with E-state index in [0.29, 0.717) is 39.1 Å². The largest absolute Gasteiger partial charge is 0.361 e. The van der Waals surface area contributed by atoms with Crippen LogP contribution >= 0.6 is 0 Å². The topological polar surface area (TPSA) is 82.2 Å². The van der Waals surface area contributed by atoms with Crippen LogP contribution in [-0.4, -0.2) is 91.1 Å². The van der Waals surface area contributed by atoms with E-state index < -0.39 is 0 Å². The Labute approximate surface area is 178 Å². The highest BCUT2D eigenvalue weighted by molar-refractivity contribution is 5.87. The van der Waals surface area contributed by atoms with Crippen LogP contribution in [0.15, 0.2) is 30.3 Å². The van der Waals surface area contributed by atoms with Gasteiger partial charge in [0.15, 0.2) is 0 Å². The average Bonchev–Trinajstić information content (AvgIpc) is 3.24. The third-order valence-corrected chi connectivity index (χ3v) is 5.86. The van der Waals surface area contributed by atoms with Gasteiger partial charge in [-0.2, -0.15) is 0 Å². The lowest BCUT2D eigenvalue weighted by atomic mass is 10.1. The lowest BCUT2D eigenvalue weighted by molar-refractivity contribution is -0.144. The summed E-state index contributed by atoms with van der Waals surface area (Å²) >= 11 is 0. The molecule has 3 amide bonds. The summed E-state index contributed by atoms with van der Waals surface area (Å²) in [5.74, 6) is -0.0884. The van der Waals surface area contributed by atoms with Crippen LogP contribution in [0.2, 0.25) is 0 Å². The van der Waals surface area contributed by atoms with Crippen molar-refractivity contribution in [3.8, 4) is 0 Å². The molecule has 2 heterocycles. The smallest absolute Gasteiger partial charge is 0.245 e. The highest BCUT2D eigenvalue weighted by atomic mass is 16.5. The molecular weight excluding hydrogens is 384 g/mol. The number of carbonyl (C=O) groups is 3. The van der Waals surface area contributed by atoms with Crippen molar-refractivity contribution in [3.63, 3.8) is 0 Å². The Morgan fingerprint density at radius 2 is 1.80 bits per heavy atom. The summed E-state index contributed by atoms with van der Waals surface area (Å²) in [7, 11) is 1.59. The van der Waals surface area contributed by atoms with Crippen LogP contribution < -0.4 is 5.32 Å². The van der Waals surface area contributed by atoms with Crippen molar-refractivity contribution in [2.75, 3.05) is 46.4 Å². The fourth-order valence-electron chi connectivity index (χ4n) is 4.19. The van der Waals surface area contributed by atoms with Gasteiger partial charge in [-0.25, -0.2) is 0 Å². The number of nitrogens with zero attached hydrogens (tertiary/aromatic N) is 3. The Kier molecular flexibility index (Phi) is 7.81. The first-order valence-electron chi connectivity index (χ1n) is 10.6. The zero-order chi connectivity index (χ0) is 21.5.